The molecule has 1 atom stereocenters. The molecule has 0 saturated carbocycles. The number of hydrogen-bond acceptors (Lipinski definition) is 2. The standard InChI is InChI=1S/C14H21NO/c1-11(13-9-7-6-8-10-13)15-12(2)16-14(3,4)5/h6-11,15H,2H2,1,3-5H3/t11-/m0/s1. The Morgan fingerprint density at radius 3 is 2.31 bits per heavy atom. The van der Waals surface area contributed by atoms with Crippen LogP contribution in [0.4, 0.5) is 0 Å². The average Bonchev–Trinajstić information content (AvgIpc) is 2.16. The first kappa shape index (κ1) is 12.6. The Morgan fingerprint density at radius 1 is 1.25 bits per heavy atom. The lowest BCUT2D eigenvalue weighted by atomic mass is 10.1. The fraction of sp³-hybridized carbons (Fsp3) is 0.429. The normalized spacial score (nSPS) is 13.0. The Labute approximate surface area is 98.3 Å². The molecule has 1 rings (SSSR count). The summed E-state index contributed by atoms with van der Waals surface area (Å²) in [5.41, 5.74) is 1.02. The molecule has 0 aliphatic heterocycles. The second-order valence-corrected chi connectivity index (χ2v) is 4.91. The molecule has 0 fully saturated rings. The van der Waals surface area contributed by atoms with Crippen molar-refractivity contribution in [3.63, 3.8) is 0 Å². The van der Waals surface area contributed by atoms with Gasteiger partial charge in [0.1, 0.15) is 5.60 Å². The highest BCUT2D eigenvalue weighted by Crippen LogP contribution is 2.16. The molecule has 2 heteroatoms. The van der Waals surface area contributed by atoms with Crippen molar-refractivity contribution in [3.8, 4) is 0 Å². The molecule has 0 amide bonds. The fourth-order valence-electron chi connectivity index (χ4n) is 1.47. The molecule has 1 aromatic rings. The minimum absolute atomic E-state index is 0.205. The van der Waals surface area contributed by atoms with E-state index in [1.807, 2.05) is 39.0 Å². The van der Waals surface area contributed by atoms with Crippen LogP contribution in [0, 0.1) is 0 Å². The zero-order chi connectivity index (χ0) is 12.2. The van der Waals surface area contributed by atoms with Crippen molar-refractivity contribution in [2.24, 2.45) is 0 Å². The highest BCUT2D eigenvalue weighted by atomic mass is 16.5. The zero-order valence-electron chi connectivity index (χ0n) is 10.6. The first-order chi connectivity index (χ1) is 7.38. The number of ether oxygens (including phenoxy) is 1. The van der Waals surface area contributed by atoms with Gasteiger partial charge >= 0.3 is 0 Å². The molecule has 0 aliphatic rings. The summed E-state index contributed by atoms with van der Waals surface area (Å²) in [5, 5.41) is 3.24. The Balaban J connectivity index is 2.52. The first-order valence-electron chi connectivity index (χ1n) is 5.58. The highest BCUT2D eigenvalue weighted by Gasteiger charge is 2.14. The summed E-state index contributed by atoms with van der Waals surface area (Å²) in [6, 6.07) is 10.4. The summed E-state index contributed by atoms with van der Waals surface area (Å²) in [7, 11) is 0. The SMILES string of the molecule is C=C(N[C@@H](C)c1ccccc1)OC(C)(C)C. The number of benzene rings is 1. The minimum Gasteiger partial charge on any atom is -0.474 e. The third kappa shape index (κ3) is 4.39. The minimum atomic E-state index is -0.208. The summed E-state index contributed by atoms with van der Waals surface area (Å²) < 4.78 is 5.62. The largest absolute Gasteiger partial charge is 0.474 e. The van der Waals surface area contributed by atoms with Crippen molar-refractivity contribution in [1.29, 1.82) is 0 Å². The van der Waals surface area contributed by atoms with Crippen molar-refractivity contribution < 1.29 is 4.74 Å². The van der Waals surface area contributed by atoms with Crippen LogP contribution in [0.15, 0.2) is 42.8 Å². The van der Waals surface area contributed by atoms with Crippen LogP contribution in [-0.2, 0) is 4.74 Å². The van der Waals surface area contributed by atoms with Gasteiger partial charge in [0.15, 0.2) is 5.88 Å². The molecule has 0 saturated heterocycles. The maximum atomic E-state index is 5.62. The molecule has 0 heterocycles. The zero-order valence-corrected chi connectivity index (χ0v) is 10.6. The maximum Gasteiger partial charge on any atom is 0.180 e. The molecule has 0 radical (unpaired) electrons. The van der Waals surface area contributed by atoms with Crippen molar-refractivity contribution in [1.82, 2.24) is 5.32 Å². The Morgan fingerprint density at radius 2 is 1.81 bits per heavy atom. The van der Waals surface area contributed by atoms with Crippen LogP contribution < -0.4 is 5.32 Å². The third-order valence-electron chi connectivity index (χ3n) is 2.11. The van der Waals surface area contributed by atoms with Crippen molar-refractivity contribution >= 4 is 0 Å². The number of nitrogens with one attached hydrogen (secondary N) is 1. The van der Waals surface area contributed by atoms with Gasteiger partial charge in [0.2, 0.25) is 0 Å². The molecule has 0 bridgehead atoms. The fourth-order valence-corrected chi connectivity index (χ4v) is 1.47. The summed E-state index contributed by atoms with van der Waals surface area (Å²) >= 11 is 0. The molecule has 0 aliphatic carbocycles. The monoisotopic (exact) mass is 219 g/mol. The van der Waals surface area contributed by atoms with Gasteiger partial charge in [0.05, 0.1) is 6.04 Å². The molecule has 88 valence electrons. The summed E-state index contributed by atoms with van der Waals surface area (Å²) in [5.74, 6) is 0.615. The molecule has 0 unspecified atom stereocenters. The maximum absolute atomic E-state index is 5.62. The molecular weight excluding hydrogens is 198 g/mol. The van der Waals surface area contributed by atoms with E-state index < -0.39 is 0 Å². The van der Waals surface area contributed by atoms with Gasteiger partial charge in [-0.05, 0) is 39.8 Å². The Bertz CT molecular complexity index is 338. The number of rotatable bonds is 4. The van der Waals surface area contributed by atoms with Crippen molar-refractivity contribution in [3.05, 3.63) is 48.4 Å². The summed E-state index contributed by atoms with van der Waals surface area (Å²) in [4.78, 5) is 0. The lowest BCUT2D eigenvalue weighted by Crippen LogP contribution is -2.26. The van der Waals surface area contributed by atoms with Crippen LogP contribution >= 0.6 is 0 Å². The molecular formula is C14H21NO. The van der Waals surface area contributed by atoms with Gasteiger partial charge in [-0.1, -0.05) is 30.3 Å². The Hall–Kier alpha value is -1.44. The summed E-state index contributed by atoms with van der Waals surface area (Å²) in [6.07, 6.45) is 0. The van der Waals surface area contributed by atoms with Gasteiger partial charge in [-0.3, -0.25) is 0 Å². The second-order valence-electron chi connectivity index (χ2n) is 4.91. The molecule has 0 aromatic heterocycles. The van der Waals surface area contributed by atoms with Gasteiger partial charge in [-0.2, -0.15) is 0 Å². The van der Waals surface area contributed by atoms with Crippen LogP contribution in [0.5, 0.6) is 0 Å². The van der Waals surface area contributed by atoms with Gasteiger partial charge in [-0.15, -0.1) is 0 Å². The molecule has 1 aromatic carbocycles. The molecule has 16 heavy (non-hydrogen) atoms. The average molecular weight is 219 g/mol. The van der Waals surface area contributed by atoms with E-state index in [2.05, 4.69) is 31.0 Å². The second kappa shape index (κ2) is 5.06. The van der Waals surface area contributed by atoms with Gasteiger partial charge in [0, 0.05) is 0 Å². The van der Waals surface area contributed by atoms with Crippen LogP contribution in [0.2, 0.25) is 0 Å². The third-order valence-corrected chi connectivity index (χ3v) is 2.11. The lowest BCUT2D eigenvalue weighted by Gasteiger charge is -2.25. The van der Waals surface area contributed by atoms with E-state index in [4.69, 9.17) is 4.74 Å². The van der Waals surface area contributed by atoms with E-state index in [1.54, 1.807) is 0 Å². The van der Waals surface area contributed by atoms with Gasteiger partial charge < -0.3 is 10.1 Å². The van der Waals surface area contributed by atoms with Crippen LogP contribution in [0.25, 0.3) is 0 Å². The van der Waals surface area contributed by atoms with Crippen molar-refractivity contribution in [2.75, 3.05) is 0 Å². The van der Waals surface area contributed by atoms with Gasteiger partial charge in [0.25, 0.3) is 0 Å². The van der Waals surface area contributed by atoms with E-state index in [1.165, 1.54) is 5.56 Å². The van der Waals surface area contributed by atoms with Crippen molar-refractivity contribution in [2.45, 2.75) is 39.3 Å². The lowest BCUT2D eigenvalue weighted by molar-refractivity contribution is 0.0389. The van der Waals surface area contributed by atoms with E-state index in [-0.39, 0.29) is 11.6 Å². The van der Waals surface area contributed by atoms with E-state index in [0.717, 1.165) is 0 Å². The predicted octanol–water partition coefficient (Wildman–Crippen LogP) is 3.62. The molecule has 1 N–H and O–H groups in total. The Kier molecular flexibility index (Phi) is 3.99. The van der Waals surface area contributed by atoms with Crippen LogP contribution in [0.1, 0.15) is 39.3 Å². The smallest absolute Gasteiger partial charge is 0.180 e. The predicted molar refractivity (Wildman–Crippen MR) is 68.0 cm³/mol. The van der Waals surface area contributed by atoms with Crippen LogP contribution in [-0.4, -0.2) is 5.60 Å². The quantitative estimate of drug-likeness (QED) is 0.781. The number of hydrogen-bond donors (Lipinski definition) is 1. The van der Waals surface area contributed by atoms with Gasteiger partial charge in [-0.25, -0.2) is 0 Å². The molecule has 2 nitrogen and oxygen atoms in total. The first-order valence-corrected chi connectivity index (χ1v) is 5.58. The van der Waals surface area contributed by atoms with E-state index in [9.17, 15) is 0 Å². The molecule has 0 spiro atoms. The van der Waals surface area contributed by atoms with E-state index >= 15 is 0 Å². The summed E-state index contributed by atoms with van der Waals surface area (Å²) in [6.45, 7) is 12.0. The topological polar surface area (TPSA) is 21.3 Å². The van der Waals surface area contributed by atoms with Crippen LogP contribution in [0.3, 0.4) is 0 Å². The van der Waals surface area contributed by atoms with E-state index in [0.29, 0.717) is 5.88 Å². The highest BCUT2D eigenvalue weighted by molar-refractivity contribution is 5.18.